The van der Waals surface area contributed by atoms with E-state index < -0.39 is 10.0 Å². The summed E-state index contributed by atoms with van der Waals surface area (Å²) in [6.07, 6.45) is 1.54. The summed E-state index contributed by atoms with van der Waals surface area (Å²) < 4.78 is 23.5. The van der Waals surface area contributed by atoms with Crippen molar-refractivity contribution in [3.63, 3.8) is 0 Å². The molecular formula is C18H13BrN4O2S2. The first-order chi connectivity index (χ1) is 12.9. The maximum absolute atomic E-state index is 11.3. The molecule has 0 aliphatic rings. The molecule has 0 aliphatic heterocycles. The van der Waals surface area contributed by atoms with Crippen LogP contribution < -0.4 is 10.5 Å². The zero-order chi connectivity index (χ0) is 19.4. The number of sulfonamides is 1. The molecule has 0 bridgehead atoms. The van der Waals surface area contributed by atoms with Crippen LogP contribution in [0.25, 0.3) is 16.8 Å². The molecule has 0 atom stereocenters. The Morgan fingerprint density at radius 3 is 2.44 bits per heavy atom. The lowest BCUT2D eigenvalue weighted by Gasteiger charge is -2.03. The van der Waals surface area contributed by atoms with Gasteiger partial charge >= 0.3 is 0 Å². The predicted molar refractivity (Wildman–Crippen MR) is 110 cm³/mol. The molecule has 0 amide bonds. The first-order valence-electron chi connectivity index (χ1n) is 7.58. The Labute approximate surface area is 169 Å². The third kappa shape index (κ3) is 4.81. The molecule has 1 heterocycles. The zero-order valence-electron chi connectivity index (χ0n) is 13.8. The van der Waals surface area contributed by atoms with Crippen LogP contribution in [0.3, 0.4) is 0 Å². The molecule has 136 valence electrons. The lowest BCUT2D eigenvalue weighted by Crippen LogP contribution is -2.11. The fourth-order valence-corrected chi connectivity index (χ4v) is 3.76. The average molecular weight is 461 g/mol. The number of thiazole rings is 1. The van der Waals surface area contributed by atoms with Crippen molar-refractivity contribution in [1.29, 1.82) is 5.26 Å². The fourth-order valence-electron chi connectivity index (χ4n) is 2.19. The third-order valence-electron chi connectivity index (χ3n) is 3.56. The summed E-state index contributed by atoms with van der Waals surface area (Å²) in [6.45, 7) is 0. The Morgan fingerprint density at radius 2 is 1.85 bits per heavy atom. The van der Waals surface area contributed by atoms with Crippen LogP contribution in [0.5, 0.6) is 0 Å². The van der Waals surface area contributed by atoms with E-state index in [-0.39, 0.29) is 4.90 Å². The van der Waals surface area contributed by atoms with Crippen molar-refractivity contribution in [3.05, 3.63) is 69.6 Å². The zero-order valence-corrected chi connectivity index (χ0v) is 17.0. The Balaban J connectivity index is 1.79. The molecule has 3 rings (SSSR count). The van der Waals surface area contributed by atoms with Gasteiger partial charge in [-0.1, -0.05) is 28.1 Å². The molecule has 0 aliphatic carbocycles. The molecule has 27 heavy (non-hydrogen) atoms. The average Bonchev–Trinajstić information content (AvgIpc) is 3.12. The predicted octanol–water partition coefficient (Wildman–Crippen LogP) is 4.20. The lowest BCUT2D eigenvalue weighted by molar-refractivity contribution is 0.598. The minimum atomic E-state index is -3.73. The topological polar surface area (TPSA) is 109 Å². The maximum Gasteiger partial charge on any atom is 0.238 e. The lowest BCUT2D eigenvalue weighted by atomic mass is 10.2. The maximum atomic E-state index is 11.3. The minimum absolute atomic E-state index is 0.0246. The fraction of sp³-hybridized carbons (Fsp3) is 0. The van der Waals surface area contributed by atoms with Gasteiger partial charge < -0.3 is 5.32 Å². The number of benzene rings is 2. The number of anilines is 1. The number of allylic oxidation sites excluding steroid dienone is 1. The number of halogens is 1. The second-order valence-corrected chi connectivity index (χ2v) is 8.76. The Hall–Kier alpha value is -2.51. The largest absolute Gasteiger partial charge is 0.360 e. The summed E-state index contributed by atoms with van der Waals surface area (Å²) in [6, 6.07) is 15.8. The Kier molecular flexibility index (Phi) is 5.72. The van der Waals surface area contributed by atoms with Crippen molar-refractivity contribution in [2.24, 2.45) is 5.14 Å². The molecule has 3 N–H and O–H groups in total. The molecule has 0 radical (unpaired) electrons. The van der Waals surface area contributed by atoms with Gasteiger partial charge in [0.15, 0.2) is 0 Å². The summed E-state index contributed by atoms with van der Waals surface area (Å²) in [7, 11) is -3.73. The quantitative estimate of drug-likeness (QED) is 0.554. The van der Waals surface area contributed by atoms with E-state index in [2.05, 4.69) is 32.3 Å². The van der Waals surface area contributed by atoms with Gasteiger partial charge in [-0.3, -0.25) is 0 Å². The first kappa shape index (κ1) is 19.3. The molecule has 0 spiro atoms. The molecule has 0 saturated heterocycles. The monoisotopic (exact) mass is 460 g/mol. The van der Waals surface area contributed by atoms with E-state index in [1.165, 1.54) is 29.7 Å². The number of aromatic nitrogens is 1. The highest BCUT2D eigenvalue weighted by atomic mass is 79.9. The SMILES string of the molecule is N#CC(=CNc1ccc(S(N)(=O)=O)cc1)c1nc(-c2ccc(Br)cc2)cs1. The normalized spacial score (nSPS) is 11.8. The van der Waals surface area contributed by atoms with Crippen molar-refractivity contribution in [2.75, 3.05) is 5.32 Å². The van der Waals surface area contributed by atoms with Crippen LogP contribution in [0, 0.1) is 11.3 Å². The number of rotatable bonds is 5. The van der Waals surface area contributed by atoms with Crippen LogP contribution in [0.2, 0.25) is 0 Å². The van der Waals surface area contributed by atoms with Gasteiger partial charge in [-0.05, 0) is 36.4 Å². The van der Waals surface area contributed by atoms with E-state index >= 15 is 0 Å². The van der Waals surface area contributed by atoms with Crippen molar-refractivity contribution in [1.82, 2.24) is 4.98 Å². The minimum Gasteiger partial charge on any atom is -0.360 e. The van der Waals surface area contributed by atoms with Crippen LogP contribution in [0.4, 0.5) is 5.69 Å². The number of nitrogens with two attached hydrogens (primary N) is 1. The second-order valence-electron chi connectivity index (χ2n) is 5.43. The van der Waals surface area contributed by atoms with Crippen molar-refractivity contribution >= 4 is 48.6 Å². The summed E-state index contributed by atoms with van der Waals surface area (Å²) in [5.74, 6) is 0. The van der Waals surface area contributed by atoms with Crippen molar-refractivity contribution in [2.45, 2.75) is 4.90 Å². The van der Waals surface area contributed by atoms with Gasteiger partial charge in [0, 0.05) is 27.3 Å². The van der Waals surface area contributed by atoms with Crippen molar-refractivity contribution < 1.29 is 8.42 Å². The molecular weight excluding hydrogens is 448 g/mol. The number of hydrogen-bond donors (Lipinski definition) is 2. The highest BCUT2D eigenvalue weighted by molar-refractivity contribution is 9.10. The number of nitrogens with one attached hydrogen (secondary N) is 1. The van der Waals surface area contributed by atoms with Crippen LogP contribution in [0.15, 0.2) is 69.5 Å². The summed E-state index contributed by atoms with van der Waals surface area (Å²) >= 11 is 4.77. The second kappa shape index (κ2) is 8.02. The van der Waals surface area contributed by atoms with E-state index in [1.807, 2.05) is 29.6 Å². The van der Waals surface area contributed by atoms with Crippen LogP contribution in [-0.2, 0) is 10.0 Å². The Bertz CT molecular complexity index is 1130. The summed E-state index contributed by atoms with van der Waals surface area (Å²) in [4.78, 5) is 4.54. The molecule has 1 aromatic heterocycles. The van der Waals surface area contributed by atoms with Gasteiger partial charge in [0.25, 0.3) is 0 Å². The van der Waals surface area contributed by atoms with Crippen molar-refractivity contribution in [3.8, 4) is 17.3 Å². The van der Waals surface area contributed by atoms with Gasteiger partial charge in [0.05, 0.1) is 10.6 Å². The smallest absolute Gasteiger partial charge is 0.238 e. The molecule has 9 heteroatoms. The van der Waals surface area contributed by atoms with Gasteiger partial charge in [-0.15, -0.1) is 11.3 Å². The van der Waals surface area contributed by atoms with Gasteiger partial charge in [-0.2, -0.15) is 5.26 Å². The number of primary sulfonamides is 1. The highest BCUT2D eigenvalue weighted by Gasteiger charge is 2.10. The highest BCUT2D eigenvalue weighted by Crippen LogP contribution is 2.27. The van der Waals surface area contributed by atoms with Gasteiger partial charge in [-0.25, -0.2) is 18.5 Å². The Morgan fingerprint density at radius 1 is 1.19 bits per heavy atom. The number of hydrogen-bond acceptors (Lipinski definition) is 6. The molecule has 0 saturated carbocycles. The summed E-state index contributed by atoms with van der Waals surface area (Å²) in [5.41, 5.74) is 2.75. The van der Waals surface area contributed by atoms with E-state index in [4.69, 9.17) is 5.14 Å². The third-order valence-corrected chi connectivity index (χ3v) is 5.89. The number of nitrogens with zero attached hydrogens (tertiary/aromatic N) is 2. The van der Waals surface area contributed by atoms with E-state index in [9.17, 15) is 13.7 Å². The van der Waals surface area contributed by atoms with Gasteiger partial charge in [0.1, 0.15) is 16.6 Å². The molecule has 3 aromatic rings. The molecule has 2 aromatic carbocycles. The van der Waals surface area contributed by atoms with Crippen LogP contribution >= 0.6 is 27.3 Å². The first-order valence-corrected chi connectivity index (χ1v) is 10.8. The van der Waals surface area contributed by atoms with Crippen LogP contribution in [-0.4, -0.2) is 13.4 Å². The molecule has 0 unspecified atom stereocenters. The summed E-state index contributed by atoms with van der Waals surface area (Å²) in [5, 5.41) is 20.0. The van der Waals surface area contributed by atoms with E-state index in [0.29, 0.717) is 16.3 Å². The molecule has 0 fully saturated rings. The van der Waals surface area contributed by atoms with Crippen LogP contribution in [0.1, 0.15) is 5.01 Å². The van der Waals surface area contributed by atoms with Gasteiger partial charge in [0.2, 0.25) is 10.0 Å². The molecule has 6 nitrogen and oxygen atoms in total. The standard InChI is InChI=1S/C18H13BrN4O2S2/c19-14-3-1-12(2-4-14)17-11-26-18(23-17)13(9-20)10-22-15-5-7-16(8-6-15)27(21,24)25/h1-8,10-11,22H,(H2,21,24,25). The number of nitriles is 1. The van der Waals surface area contributed by atoms with E-state index in [1.54, 1.807) is 12.1 Å². The van der Waals surface area contributed by atoms with E-state index in [0.717, 1.165) is 15.7 Å².